The van der Waals surface area contributed by atoms with Crippen molar-refractivity contribution in [2.75, 3.05) is 0 Å². The second-order valence-electron chi connectivity index (χ2n) is 7.23. The average Bonchev–Trinajstić information content (AvgIpc) is 3.19. The van der Waals surface area contributed by atoms with Crippen LogP contribution in [-0.2, 0) is 16.1 Å². The van der Waals surface area contributed by atoms with Gasteiger partial charge in [0.15, 0.2) is 5.76 Å². The number of hydrogen-bond donors (Lipinski definition) is 1. The van der Waals surface area contributed by atoms with Crippen LogP contribution in [0, 0.1) is 6.92 Å². The minimum absolute atomic E-state index is 0.105. The van der Waals surface area contributed by atoms with Crippen LogP contribution >= 0.6 is 0 Å². The first kappa shape index (κ1) is 20.4. The van der Waals surface area contributed by atoms with Crippen molar-refractivity contribution in [3.05, 3.63) is 69.5 Å². The lowest BCUT2D eigenvalue weighted by molar-refractivity contribution is -0.146. The van der Waals surface area contributed by atoms with Crippen molar-refractivity contribution < 1.29 is 23.2 Å². The zero-order valence-corrected chi connectivity index (χ0v) is 16.8. The Hall–Kier alpha value is -3.35. The fourth-order valence-electron chi connectivity index (χ4n) is 3.14. The van der Waals surface area contributed by atoms with E-state index in [2.05, 4.69) is 19.2 Å². The maximum Gasteiger partial charge on any atom is 0.336 e. The quantitative estimate of drug-likeness (QED) is 0.503. The Morgan fingerprint density at radius 1 is 1.17 bits per heavy atom. The molecule has 29 heavy (non-hydrogen) atoms. The van der Waals surface area contributed by atoms with Gasteiger partial charge in [0.1, 0.15) is 18.2 Å². The Morgan fingerprint density at radius 3 is 2.59 bits per heavy atom. The molecule has 1 amide bonds. The van der Waals surface area contributed by atoms with E-state index in [0.29, 0.717) is 17.1 Å². The van der Waals surface area contributed by atoms with Crippen molar-refractivity contribution in [3.8, 4) is 0 Å². The average molecular weight is 397 g/mol. The van der Waals surface area contributed by atoms with Crippen molar-refractivity contribution >= 4 is 22.8 Å². The molecule has 0 saturated heterocycles. The number of furan rings is 1. The van der Waals surface area contributed by atoms with E-state index >= 15 is 0 Å². The number of esters is 1. The van der Waals surface area contributed by atoms with Gasteiger partial charge in [-0.15, -0.1) is 0 Å². The van der Waals surface area contributed by atoms with Gasteiger partial charge < -0.3 is 18.9 Å². The van der Waals surface area contributed by atoms with Gasteiger partial charge in [-0.05, 0) is 55.2 Å². The number of amides is 1. The highest BCUT2D eigenvalue weighted by Gasteiger charge is 2.20. The molecule has 0 aliphatic carbocycles. The van der Waals surface area contributed by atoms with Crippen LogP contribution in [0.15, 0.2) is 50.2 Å². The fraction of sp³-hybridized carbons (Fsp3) is 0.318. The number of hydrogen-bond acceptors (Lipinski definition) is 6. The minimum atomic E-state index is -0.882. The maximum atomic E-state index is 12.3. The standard InChI is InChI=1S/C22H23NO6/c1-12(2)16-10-17-15(9-20(24)29-19(17)8-13(16)3)11-28-22(26)14(4)23-21(25)18-6-5-7-27-18/h5-10,12,14H,11H2,1-4H3,(H,23,25)/t14-/m0/s1. The number of aryl methyl sites for hydroxylation is 1. The van der Waals surface area contributed by atoms with E-state index < -0.39 is 23.5 Å². The molecule has 0 aliphatic rings. The predicted octanol–water partition coefficient (Wildman–Crippen LogP) is 3.68. The summed E-state index contributed by atoms with van der Waals surface area (Å²) in [4.78, 5) is 36.2. The fourth-order valence-corrected chi connectivity index (χ4v) is 3.14. The molecule has 1 N–H and O–H groups in total. The van der Waals surface area contributed by atoms with Gasteiger partial charge in [0.25, 0.3) is 5.91 Å². The van der Waals surface area contributed by atoms with Crippen LogP contribution in [0.3, 0.4) is 0 Å². The van der Waals surface area contributed by atoms with Crippen molar-refractivity contribution in [2.24, 2.45) is 0 Å². The smallest absolute Gasteiger partial charge is 0.336 e. The summed E-state index contributed by atoms with van der Waals surface area (Å²) in [6, 6.07) is 7.30. The molecule has 0 radical (unpaired) electrons. The van der Waals surface area contributed by atoms with Gasteiger partial charge in [0.2, 0.25) is 0 Å². The Balaban J connectivity index is 1.77. The Morgan fingerprint density at radius 2 is 1.93 bits per heavy atom. The van der Waals surface area contributed by atoms with Crippen LogP contribution < -0.4 is 10.9 Å². The van der Waals surface area contributed by atoms with E-state index in [1.165, 1.54) is 25.3 Å². The molecule has 0 bridgehead atoms. The second kappa shape index (κ2) is 8.34. The summed E-state index contributed by atoms with van der Waals surface area (Å²) < 4.78 is 15.6. The van der Waals surface area contributed by atoms with Crippen LogP contribution in [0.25, 0.3) is 11.0 Å². The molecule has 1 atom stereocenters. The first-order valence-electron chi connectivity index (χ1n) is 9.34. The summed E-state index contributed by atoms with van der Waals surface area (Å²) in [6.07, 6.45) is 1.37. The summed E-state index contributed by atoms with van der Waals surface area (Å²) in [6.45, 7) is 7.53. The van der Waals surface area contributed by atoms with Gasteiger partial charge in [0.05, 0.1) is 6.26 Å². The third kappa shape index (κ3) is 4.56. The topological polar surface area (TPSA) is 98.7 Å². The molecule has 3 rings (SSSR count). The Bertz CT molecular complexity index is 1090. The first-order chi connectivity index (χ1) is 13.8. The molecule has 1 aromatic carbocycles. The zero-order chi connectivity index (χ0) is 21.1. The lowest BCUT2D eigenvalue weighted by atomic mass is 9.95. The number of fused-ring (bicyclic) bond motifs is 1. The number of benzene rings is 1. The third-order valence-electron chi connectivity index (χ3n) is 4.65. The van der Waals surface area contributed by atoms with Crippen LogP contribution in [-0.4, -0.2) is 17.9 Å². The maximum absolute atomic E-state index is 12.3. The molecule has 0 saturated carbocycles. The molecular weight excluding hydrogens is 374 g/mol. The van der Waals surface area contributed by atoms with Gasteiger partial charge in [-0.1, -0.05) is 13.8 Å². The molecule has 152 valence electrons. The number of carbonyl (C=O) groups is 2. The molecule has 3 aromatic rings. The number of rotatable bonds is 6. The SMILES string of the molecule is Cc1cc2oc(=O)cc(COC(=O)[C@H](C)NC(=O)c3ccco3)c2cc1C(C)C. The van der Waals surface area contributed by atoms with Crippen LogP contribution in [0.2, 0.25) is 0 Å². The highest BCUT2D eigenvalue weighted by atomic mass is 16.5. The van der Waals surface area contributed by atoms with E-state index in [1.807, 2.05) is 19.1 Å². The molecular formula is C22H23NO6. The number of ether oxygens (including phenoxy) is 1. The largest absolute Gasteiger partial charge is 0.459 e. The zero-order valence-electron chi connectivity index (χ0n) is 16.8. The van der Waals surface area contributed by atoms with Crippen molar-refractivity contribution in [2.45, 2.75) is 46.3 Å². The molecule has 7 nitrogen and oxygen atoms in total. The lowest BCUT2D eigenvalue weighted by Gasteiger charge is -2.15. The molecule has 7 heteroatoms. The van der Waals surface area contributed by atoms with E-state index in [-0.39, 0.29) is 12.4 Å². The minimum Gasteiger partial charge on any atom is -0.459 e. The summed E-state index contributed by atoms with van der Waals surface area (Å²) >= 11 is 0. The third-order valence-corrected chi connectivity index (χ3v) is 4.65. The molecule has 2 aromatic heterocycles. The molecule has 0 aliphatic heterocycles. The van der Waals surface area contributed by atoms with E-state index in [9.17, 15) is 14.4 Å². The second-order valence-corrected chi connectivity index (χ2v) is 7.23. The van der Waals surface area contributed by atoms with Crippen LogP contribution in [0.4, 0.5) is 0 Å². The van der Waals surface area contributed by atoms with Gasteiger partial charge in [0, 0.05) is 17.0 Å². The summed E-state index contributed by atoms with van der Waals surface area (Å²) in [5, 5.41) is 3.23. The number of nitrogens with one attached hydrogen (secondary N) is 1. The van der Waals surface area contributed by atoms with Gasteiger partial charge in [-0.3, -0.25) is 4.79 Å². The van der Waals surface area contributed by atoms with E-state index in [1.54, 1.807) is 6.07 Å². The monoisotopic (exact) mass is 397 g/mol. The Kier molecular flexibility index (Phi) is 5.87. The van der Waals surface area contributed by atoms with Gasteiger partial charge in [-0.2, -0.15) is 0 Å². The predicted molar refractivity (Wildman–Crippen MR) is 107 cm³/mol. The van der Waals surface area contributed by atoms with Gasteiger partial charge in [-0.25, -0.2) is 9.59 Å². The van der Waals surface area contributed by atoms with Crippen LogP contribution in [0.1, 0.15) is 53.9 Å². The van der Waals surface area contributed by atoms with E-state index in [4.69, 9.17) is 13.6 Å². The molecule has 0 unspecified atom stereocenters. The number of carbonyl (C=O) groups excluding carboxylic acids is 2. The van der Waals surface area contributed by atoms with Crippen LogP contribution in [0.5, 0.6) is 0 Å². The molecule has 0 fully saturated rings. The molecule has 2 heterocycles. The van der Waals surface area contributed by atoms with E-state index in [0.717, 1.165) is 16.5 Å². The Labute approximate surface area is 167 Å². The summed E-state index contributed by atoms with van der Waals surface area (Å²) in [5.74, 6) is -0.740. The highest BCUT2D eigenvalue weighted by Crippen LogP contribution is 2.27. The summed E-state index contributed by atoms with van der Waals surface area (Å²) in [5.41, 5.74) is 2.64. The van der Waals surface area contributed by atoms with Gasteiger partial charge >= 0.3 is 11.6 Å². The lowest BCUT2D eigenvalue weighted by Crippen LogP contribution is -2.39. The van der Waals surface area contributed by atoms with Crippen molar-refractivity contribution in [1.82, 2.24) is 5.32 Å². The normalized spacial score (nSPS) is 12.2. The molecule has 0 spiro atoms. The van der Waals surface area contributed by atoms with Crippen molar-refractivity contribution in [1.29, 1.82) is 0 Å². The first-order valence-corrected chi connectivity index (χ1v) is 9.34. The van der Waals surface area contributed by atoms with Crippen molar-refractivity contribution in [3.63, 3.8) is 0 Å². The summed E-state index contributed by atoms with van der Waals surface area (Å²) in [7, 11) is 0. The highest BCUT2D eigenvalue weighted by molar-refractivity contribution is 5.94.